The van der Waals surface area contributed by atoms with Gasteiger partial charge in [0.25, 0.3) is 0 Å². The molecule has 0 aliphatic carbocycles. The van der Waals surface area contributed by atoms with Crippen molar-refractivity contribution in [1.82, 2.24) is 5.32 Å². The molecule has 0 saturated carbocycles. The van der Waals surface area contributed by atoms with Crippen molar-refractivity contribution in [3.05, 3.63) is 71.8 Å². The van der Waals surface area contributed by atoms with Crippen LogP contribution in [0.3, 0.4) is 0 Å². The van der Waals surface area contributed by atoms with Crippen LogP contribution in [-0.2, 0) is 4.79 Å². The van der Waals surface area contributed by atoms with E-state index < -0.39 is 0 Å². The van der Waals surface area contributed by atoms with Gasteiger partial charge in [0.15, 0.2) is 0 Å². The minimum absolute atomic E-state index is 0.0186. The molecule has 0 saturated heterocycles. The number of carbonyl (C=O) groups is 1. The summed E-state index contributed by atoms with van der Waals surface area (Å²) >= 11 is 0. The molecular weight excluding hydrogens is 258 g/mol. The fourth-order valence-electron chi connectivity index (χ4n) is 1.96. The average Bonchev–Trinajstić information content (AvgIpc) is 2.55. The monoisotopic (exact) mass is 283 g/mol. The molecule has 0 spiro atoms. The molecule has 2 rings (SSSR count). The van der Waals surface area contributed by atoms with Crippen molar-refractivity contribution >= 4 is 5.91 Å². The molecule has 2 aromatic rings. The van der Waals surface area contributed by atoms with Crippen molar-refractivity contribution in [2.24, 2.45) is 5.92 Å². The highest BCUT2D eigenvalue weighted by molar-refractivity contribution is 5.78. The lowest BCUT2D eigenvalue weighted by atomic mass is 9.98. The van der Waals surface area contributed by atoms with E-state index in [1.54, 1.807) is 0 Å². The third-order valence-corrected chi connectivity index (χ3v) is 3.08. The molecule has 0 radical (unpaired) electrons. The number of hydrogen-bond donors (Lipinski definition) is 1. The number of amides is 1. The van der Waals surface area contributed by atoms with Crippen LogP contribution in [-0.4, -0.2) is 5.91 Å². The van der Waals surface area contributed by atoms with Crippen molar-refractivity contribution in [3.8, 4) is 0 Å². The van der Waals surface area contributed by atoms with E-state index in [0.29, 0.717) is 0 Å². The highest BCUT2D eigenvalue weighted by atomic mass is 16.1. The van der Waals surface area contributed by atoms with E-state index in [1.807, 2.05) is 88.4 Å². The summed E-state index contributed by atoms with van der Waals surface area (Å²) in [5.74, 6) is 0.0487. The molecule has 112 valence electrons. The zero-order valence-electron chi connectivity index (χ0n) is 13.3. The number of rotatable bonds is 4. The largest absolute Gasteiger partial charge is 0.345 e. The van der Waals surface area contributed by atoms with Gasteiger partial charge in [0, 0.05) is 5.92 Å². The summed E-state index contributed by atoms with van der Waals surface area (Å²) in [5.41, 5.74) is 2.20. The predicted octanol–water partition coefficient (Wildman–Crippen LogP) is 4.57. The molecule has 0 unspecified atom stereocenters. The Balaban J connectivity index is 0.00000106. The Morgan fingerprint density at radius 3 is 1.52 bits per heavy atom. The quantitative estimate of drug-likeness (QED) is 0.874. The second-order valence-corrected chi connectivity index (χ2v) is 4.92. The second kappa shape index (κ2) is 8.96. The third-order valence-electron chi connectivity index (χ3n) is 3.08. The summed E-state index contributed by atoms with van der Waals surface area (Å²) in [6, 6.07) is 20.0. The molecule has 0 aromatic heterocycles. The summed E-state index contributed by atoms with van der Waals surface area (Å²) in [7, 11) is 0. The van der Waals surface area contributed by atoms with E-state index in [9.17, 15) is 4.79 Å². The zero-order valence-corrected chi connectivity index (χ0v) is 13.3. The molecule has 1 amide bonds. The zero-order chi connectivity index (χ0) is 15.7. The molecule has 0 bridgehead atoms. The molecule has 0 heterocycles. The molecule has 0 atom stereocenters. The highest BCUT2D eigenvalue weighted by Crippen LogP contribution is 2.22. The van der Waals surface area contributed by atoms with Gasteiger partial charge in [-0.15, -0.1) is 0 Å². The van der Waals surface area contributed by atoms with Gasteiger partial charge in [-0.3, -0.25) is 4.79 Å². The summed E-state index contributed by atoms with van der Waals surface area (Å²) in [6.45, 7) is 7.81. The van der Waals surface area contributed by atoms with Crippen LogP contribution < -0.4 is 5.32 Å². The molecule has 2 nitrogen and oxygen atoms in total. The van der Waals surface area contributed by atoms with E-state index in [1.165, 1.54) is 0 Å². The topological polar surface area (TPSA) is 29.1 Å². The van der Waals surface area contributed by atoms with E-state index >= 15 is 0 Å². The van der Waals surface area contributed by atoms with Crippen LogP contribution in [0.4, 0.5) is 0 Å². The number of carbonyl (C=O) groups excluding carboxylic acids is 1. The smallest absolute Gasteiger partial charge is 0.223 e. The summed E-state index contributed by atoms with van der Waals surface area (Å²) < 4.78 is 0. The van der Waals surface area contributed by atoms with Crippen molar-refractivity contribution in [3.63, 3.8) is 0 Å². The fourth-order valence-corrected chi connectivity index (χ4v) is 1.96. The summed E-state index contributed by atoms with van der Waals surface area (Å²) in [5, 5.41) is 3.11. The standard InChI is InChI=1S/C17H19NO.C2H6/c1-13(2)17(19)18-16(14-9-5-3-6-10-14)15-11-7-4-8-12-15;1-2/h3-13,16H,1-2H3,(H,18,19);1-2H3. The van der Waals surface area contributed by atoms with Crippen LogP contribution in [0.1, 0.15) is 44.9 Å². The van der Waals surface area contributed by atoms with Crippen LogP contribution in [0.5, 0.6) is 0 Å². The molecule has 0 aliphatic rings. The number of hydrogen-bond acceptors (Lipinski definition) is 1. The third kappa shape index (κ3) is 5.07. The molecule has 0 aliphatic heterocycles. The first-order valence-electron chi connectivity index (χ1n) is 7.58. The Hall–Kier alpha value is -2.09. The van der Waals surface area contributed by atoms with Gasteiger partial charge in [0.2, 0.25) is 5.91 Å². The fraction of sp³-hybridized carbons (Fsp3) is 0.316. The van der Waals surface area contributed by atoms with Crippen molar-refractivity contribution in [1.29, 1.82) is 0 Å². The molecular formula is C19H25NO. The Morgan fingerprint density at radius 1 is 0.810 bits per heavy atom. The highest BCUT2D eigenvalue weighted by Gasteiger charge is 2.17. The Labute approximate surface area is 128 Å². The van der Waals surface area contributed by atoms with Gasteiger partial charge < -0.3 is 5.32 Å². The van der Waals surface area contributed by atoms with Crippen LogP contribution in [0.2, 0.25) is 0 Å². The number of nitrogens with one attached hydrogen (secondary N) is 1. The van der Waals surface area contributed by atoms with Crippen molar-refractivity contribution < 1.29 is 4.79 Å². The molecule has 2 heteroatoms. The Kier molecular flexibility index (Phi) is 7.24. The van der Waals surface area contributed by atoms with E-state index in [4.69, 9.17) is 0 Å². The summed E-state index contributed by atoms with van der Waals surface area (Å²) in [4.78, 5) is 12.0. The lowest BCUT2D eigenvalue weighted by molar-refractivity contribution is -0.124. The van der Waals surface area contributed by atoms with Crippen LogP contribution >= 0.6 is 0 Å². The average molecular weight is 283 g/mol. The Bertz CT molecular complexity index is 480. The second-order valence-electron chi connectivity index (χ2n) is 4.92. The van der Waals surface area contributed by atoms with Crippen molar-refractivity contribution in [2.75, 3.05) is 0 Å². The lowest BCUT2D eigenvalue weighted by Crippen LogP contribution is -2.32. The van der Waals surface area contributed by atoms with Gasteiger partial charge in [0.1, 0.15) is 0 Å². The molecule has 21 heavy (non-hydrogen) atoms. The minimum atomic E-state index is -0.0858. The van der Waals surface area contributed by atoms with Crippen LogP contribution in [0, 0.1) is 5.92 Å². The normalized spacial score (nSPS) is 10.0. The first-order chi connectivity index (χ1) is 10.2. The molecule has 1 N–H and O–H groups in total. The van der Waals surface area contributed by atoms with Gasteiger partial charge in [-0.05, 0) is 11.1 Å². The van der Waals surface area contributed by atoms with E-state index in [2.05, 4.69) is 5.32 Å². The maximum atomic E-state index is 12.0. The molecule has 0 fully saturated rings. The first-order valence-corrected chi connectivity index (χ1v) is 7.58. The lowest BCUT2D eigenvalue weighted by Gasteiger charge is -2.21. The molecule has 2 aromatic carbocycles. The predicted molar refractivity (Wildman–Crippen MR) is 89.1 cm³/mol. The maximum absolute atomic E-state index is 12.0. The number of benzene rings is 2. The SMILES string of the molecule is CC.CC(C)C(=O)NC(c1ccccc1)c1ccccc1. The first kappa shape index (κ1) is 17.0. The van der Waals surface area contributed by atoms with Gasteiger partial charge in [-0.25, -0.2) is 0 Å². The summed E-state index contributed by atoms with van der Waals surface area (Å²) in [6.07, 6.45) is 0. The minimum Gasteiger partial charge on any atom is -0.345 e. The maximum Gasteiger partial charge on any atom is 0.223 e. The van der Waals surface area contributed by atoms with Crippen LogP contribution in [0.25, 0.3) is 0 Å². The van der Waals surface area contributed by atoms with Crippen molar-refractivity contribution in [2.45, 2.75) is 33.7 Å². The van der Waals surface area contributed by atoms with E-state index in [0.717, 1.165) is 11.1 Å². The Morgan fingerprint density at radius 2 is 1.19 bits per heavy atom. The van der Waals surface area contributed by atoms with Gasteiger partial charge >= 0.3 is 0 Å². The van der Waals surface area contributed by atoms with Gasteiger partial charge in [0.05, 0.1) is 6.04 Å². The van der Waals surface area contributed by atoms with Gasteiger partial charge in [-0.2, -0.15) is 0 Å². The van der Waals surface area contributed by atoms with E-state index in [-0.39, 0.29) is 17.9 Å². The van der Waals surface area contributed by atoms with Gasteiger partial charge in [-0.1, -0.05) is 88.4 Å². The van der Waals surface area contributed by atoms with Crippen LogP contribution in [0.15, 0.2) is 60.7 Å².